The molecule has 210 valence electrons. The number of rotatable bonds is 2. The number of fused-ring (bicyclic) bond motifs is 13. The van der Waals surface area contributed by atoms with Crippen LogP contribution in [-0.4, -0.2) is 28.5 Å². The smallest absolute Gasteiger partial charge is 0.220 e. The number of benzene rings is 5. The first-order valence-corrected chi connectivity index (χ1v) is 15.0. The van der Waals surface area contributed by atoms with Gasteiger partial charge >= 0.3 is 0 Å². The molecule has 1 aliphatic rings. The largest absolute Gasteiger partial charge is 0.316 e. The molecule has 0 aliphatic heterocycles. The van der Waals surface area contributed by atoms with Crippen LogP contribution in [-0.2, 0) is 0 Å². The van der Waals surface area contributed by atoms with E-state index in [1.165, 1.54) is 0 Å². The molecule has 10 rings (SSSR count). The third-order valence-corrected chi connectivity index (χ3v) is 9.02. The summed E-state index contributed by atoms with van der Waals surface area (Å²) in [6.45, 7) is 0. The summed E-state index contributed by atoms with van der Waals surface area (Å²) in [7, 11) is 0. The van der Waals surface area contributed by atoms with E-state index in [-0.39, 0.29) is 0 Å². The van der Waals surface area contributed by atoms with Crippen LogP contribution in [0, 0.1) is 0 Å². The lowest BCUT2D eigenvalue weighted by Gasteiger charge is -2.22. The van der Waals surface area contributed by atoms with Crippen molar-refractivity contribution in [3.05, 3.63) is 146 Å². The van der Waals surface area contributed by atoms with E-state index in [4.69, 9.17) is 9.97 Å². The molecule has 0 saturated carbocycles. The van der Waals surface area contributed by atoms with Crippen LogP contribution in [0.5, 0.6) is 0 Å². The molecule has 9 aromatic rings. The van der Waals surface area contributed by atoms with E-state index in [2.05, 4.69) is 140 Å². The lowest BCUT2D eigenvalue weighted by Crippen LogP contribution is -2.03. The van der Waals surface area contributed by atoms with Crippen LogP contribution in [0.4, 0.5) is 0 Å². The van der Waals surface area contributed by atoms with Gasteiger partial charge in [-0.3, -0.25) is 8.97 Å². The highest BCUT2D eigenvalue weighted by atomic mass is 15.2. The van der Waals surface area contributed by atoms with Gasteiger partial charge in [-0.05, 0) is 71.3 Å². The number of aromatic nitrogens is 6. The maximum absolute atomic E-state index is 5.13. The molecule has 5 aromatic carbocycles. The van der Waals surface area contributed by atoms with Crippen LogP contribution in [0.3, 0.4) is 0 Å². The van der Waals surface area contributed by atoms with Gasteiger partial charge in [0.05, 0.1) is 33.5 Å². The van der Waals surface area contributed by atoms with Crippen LogP contribution < -0.4 is 0 Å². The second-order valence-corrected chi connectivity index (χ2v) is 11.4. The van der Waals surface area contributed by atoms with Crippen molar-refractivity contribution < 1.29 is 0 Å². The molecule has 0 N–H and O–H groups in total. The lowest BCUT2D eigenvalue weighted by molar-refractivity contribution is 1.07. The summed E-state index contributed by atoms with van der Waals surface area (Å²) < 4.78 is 6.80. The number of imidazole rings is 2. The summed E-state index contributed by atoms with van der Waals surface area (Å²) >= 11 is 0. The first kappa shape index (κ1) is 24.2. The van der Waals surface area contributed by atoms with E-state index >= 15 is 0 Å². The number of hydrogen-bond acceptors (Lipinski definition) is 3. The summed E-state index contributed by atoms with van der Waals surface area (Å²) in [4.78, 5) is 14.5. The van der Waals surface area contributed by atoms with Crippen LogP contribution in [0.15, 0.2) is 146 Å². The van der Waals surface area contributed by atoms with Gasteiger partial charge in [0.25, 0.3) is 0 Å². The molecular weight excluding hydrogens is 552 g/mol. The Bertz CT molecular complexity index is 2600. The maximum Gasteiger partial charge on any atom is 0.220 e. The van der Waals surface area contributed by atoms with Crippen molar-refractivity contribution in [2.75, 3.05) is 0 Å². The summed E-state index contributed by atoms with van der Waals surface area (Å²) in [6.07, 6.45) is 5.75. The highest BCUT2D eigenvalue weighted by molar-refractivity contribution is 6.02. The van der Waals surface area contributed by atoms with E-state index in [1.54, 1.807) is 6.33 Å². The molecule has 0 unspecified atom stereocenters. The fourth-order valence-electron chi connectivity index (χ4n) is 7.10. The molecule has 0 fully saturated rings. The predicted octanol–water partition coefficient (Wildman–Crippen LogP) is 8.99. The number of para-hydroxylation sites is 5. The quantitative estimate of drug-likeness (QED) is 0.206. The van der Waals surface area contributed by atoms with Gasteiger partial charge in [-0.2, -0.15) is 0 Å². The van der Waals surface area contributed by atoms with Crippen LogP contribution >= 0.6 is 0 Å². The Kier molecular flexibility index (Phi) is 4.90. The van der Waals surface area contributed by atoms with Gasteiger partial charge in [0, 0.05) is 40.5 Å². The summed E-state index contributed by atoms with van der Waals surface area (Å²) in [6, 6.07) is 44.9. The standard InChI is InChI=1S/C39H24N6/c1-2-10-25(11-3-1)43-21-20-30-28-19-18-26(22-31(28)27-12-4-5-13-29(27)37-32(38(30)43)23-40-24-41-37)44-35-16-8-9-17-36(35)45-34-15-7-6-14-33(34)42-39(44)45/h1-24H. The molecule has 6 nitrogen and oxygen atoms in total. The molecule has 6 heteroatoms. The van der Waals surface area contributed by atoms with E-state index < -0.39 is 0 Å². The first-order valence-electron chi connectivity index (χ1n) is 15.0. The fraction of sp³-hybridized carbons (Fsp3) is 0. The van der Waals surface area contributed by atoms with Gasteiger partial charge in [-0.25, -0.2) is 15.0 Å². The molecule has 4 heterocycles. The zero-order chi connectivity index (χ0) is 29.5. The summed E-state index contributed by atoms with van der Waals surface area (Å²) in [5.74, 6) is 0.894. The molecule has 0 saturated heterocycles. The Morgan fingerprint density at radius 1 is 0.511 bits per heavy atom. The Balaban J connectivity index is 1.31. The normalized spacial score (nSPS) is 12.0. The molecule has 0 spiro atoms. The van der Waals surface area contributed by atoms with Crippen LogP contribution in [0.25, 0.3) is 84.0 Å². The highest BCUT2D eigenvalue weighted by Gasteiger charge is 2.27. The minimum absolute atomic E-state index is 0.894. The van der Waals surface area contributed by atoms with Gasteiger partial charge in [-0.1, -0.05) is 72.8 Å². The molecule has 4 aromatic heterocycles. The second-order valence-electron chi connectivity index (χ2n) is 11.4. The predicted molar refractivity (Wildman–Crippen MR) is 180 cm³/mol. The Labute approximate surface area is 258 Å². The molecular formula is C39H24N6. The first-order chi connectivity index (χ1) is 22.3. The Morgan fingerprint density at radius 2 is 1.24 bits per heavy atom. The zero-order valence-corrected chi connectivity index (χ0v) is 24.0. The van der Waals surface area contributed by atoms with Gasteiger partial charge in [0.1, 0.15) is 6.33 Å². The van der Waals surface area contributed by atoms with Gasteiger partial charge in [-0.15, -0.1) is 0 Å². The minimum atomic E-state index is 0.894. The lowest BCUT2D eigenvalue weighted by atomic mass is 9.85. The molecule has 0 amide bonds. The molecule has 0 radical (unpaired) electrons. The molecule has 0 bridgehead atoms. The Hall–Kier alpha value is -6.27. The van der Waals surface area contributed by atoms with Crippen molar-refractivity contribution in [3.8, 4) is 56.1 Å². The van der Waals surface area contributed by atoms with Crippen molar-refractivity contribution in [1.29, 1.82) is 0 Å². The van der Waals surface area contributed by atoms with E-state index in [1.807, 2.05) is 18.3 Å². The topological polar surface area (TPSA) is 52.9 Å². The van der Waals surface area contributed by atoms with Crippen molar-refractivity contribution in [2.24, 2.45) is 0 Å². The van der Waals surface area contributed by atoms with Crippen molar-refractivity contribution in [2.45, 2.75) is 0 Å². The van der Waals surface area contributed by atoms with Gasteiger partial charge < -0.3 is 4.57 Å². The van der Waals surface area contributed by atoms with E-state index in [0.717, 1.165) is 84.0 Å². The summed E-state index contributed by atoms with van der Waals surface area (Å²) in [5, 5.41) is 0. The number of hydrogen-bond donors (Lipinski definition) is 0. The maximum atomic E-state index is 5.13. The molecule has 0 atom stereocenters. The van der Waals surface area contributed by atoms with Crippen molar-refractivity contribution >= 4 is 27.8 Å². The third-order valence-electron chi connectivity index (χ3n) is 9.02. The van der Waals surface area contributed by atoms with Crippen LogP contribution in [0.2, 0.25) is 0 Å². The van der Waals surface area contributed by atoms with Gasteiger partial charge in [0.2, 0.25) is 5.78 Å². The average molecular weight is 577 g/mol. The summed E-state index contributed by atoms with van der Waals surface area (Å²) in [5.41, 5.74) is 15.1. The number of nitrogens with zero attached hydrogens (tertiary/aromatic N) is 6. The molecule has 45 heavy (non-hydrogen) atoms. The van der Waals surface area contributed by atoms with Crippen molar-refractivity contribution in [3.63, 3.8) is 0 Å². The SMILES string of the molecule is c1ccc(-n2ccc3c2-c2cncnc2-c2ccccc2-c2cc(-n4c5ccccc5n5c6ccccc6nc45)ccc2-3)cc1. The third kappa shape index (κ3) is 3.36. The van der Waals surface area contributed by atoms with E-state index in [0.29, 0.717) is 0 Å². The monoisotopic (exact) mass is 576 g/mol. The zero-order valence-electron chi connectivity index (χ0n) is 24.0. The van der Waals surface area contributed by atoms with E-state index in [9.17, 15) is 0 Å². The Morgan fingerprint density at radius 3 is 2.13 bits per heavy atom. The highest BCUT2D eigenvalue weighted by Crippen LogP contribution is 2.48. The average Bonchev–Trinajstić information content (AvgIpc) is 3.79. The van der Waals surface area contributed by atoms with Crippen molar-refractivity contribution in [1.82, 2.24) is 28.5 Å². The minimum Gasteiger partial charge on any atom is -0.316 e. The van der Waals surface area contributed by atoms with Gasteiger partial charge in [0.15, 0.2) is 0 Å². The molecule has 1 aliphatic carbocycles. The second kappa shape index (κ2) is 9.11. The fourth-order valence-corrected chi connectivity index (χ4v) is 7.10. The van der Waals surface area contributed by atoms with Crippen LogP contribution in [0.1, 0.15) is 0 Å².